The molecule has 0 spiro atoms. The lowest BCUT2D eigenvalue weighted by atomic mass is 10.1. The summed E-state index contributed by atoms with van der Waals surface area (Å²) in [4.78, 5) is 14.5. The van der Waals surface area contributed by atoms with E-state index in [1.54, 1.807) is 17.2 Å². The molecule has 0 fully saturated rings. The Kier molecular flexibility index (Phi) is 4.23. The minimum absolute atomic E-state index is 0.143. The Bertz CT molecular complexity index is 1040. The number of hydrogen-bond donors (Lipinski definition) is 1. The van der Waals surface area contributed by atoms with Crippen LogP contribution < -0.4 is 0 Å². The molecule has 4 rings (SSSR count). The number of carbonyl (C=O) groups is 1. The molecule has 1 N–H and O–H groups in total. The van der Waals surface area contributed by atoms with Crippen LogP contribution in [0.15, 0.2) is 65.3 Å². The molecule has 0 radical (unpaired) electrons. The molecule has 0 aliphatic rings. The van der Waals surface area contributed by atoms with E-state index in [1.165, 1.54) is 0 Å². The van der Waals surface area contributed by atoms with Crippen molar-refractivity contribution >= 4 is 16.8 Å². The molecule has 2 aromatic carbocycles. The maximum absolute atomic E-state index is 12.8. The molecular weight excluding hydrogens is 328 g/mol. The lowest BCUT2D eigenvalue weighted by Crippen LogP contribution is -2.30. The van der Waals surface area contributed by atoms with Crippen molar-refractivity contribution in [2.45, 2.75) is 13.5 Å². The van der Waals surface area contributed by atoms with Crippen LogP contribution in [0.1, 0.15) is 23.0 Å². The molecule has 1 amide bonds. The third-order valence-corrected chi connectivity index (χ3v) is 4.34. The molecule has 0 aliphatic heterocycles. The number of nitrogens with one attached hydrogen (secondary N) is 1. The van der Waals surface area contributed by atoms with Gasteiger partial charge in [-0.2, -0.15) is 5.10 Å². The fourth-order valence-electron chi connectivity index (χ4n) is 2.90. The van der Waals surface area contributed by atoms with Crippen LogP contribution in [0.4, 0.5) is 0 Å². The number of carbonyl (C=O) groups excluding carboxylic acids is 1. The number of nitrogens with zero attached hydrogens (tertiary/aromatic N) is 3. The van der Waals surface area contributed by atoms with E-state index in [1.807, 2.05) is 55.5 Å². The first-order valence-electron chi connectivity index (χ1n) is 8.48. The highest BCUT2D eigenvalue weighted by atomic mass is 16.5. The van der Waals surface area contributed by atoms with E-state index >= 15 is 0 Å². The first-order chi connectivity index (χ1) is 12.7. The number of benzene rings is 2. The fraction of sp³-hybridized carbons (Fsp3) is 0.150. The quantitative estimate of drug-likeness (QED) is 0.595. The van der Waals surface area contributed by atoms with Gasteiger partial charge in [-0.25, -0.2) is 0 Å². The van der Waals surface area contributed by atoms with E-state index in [0.717, 1.165) is 22.0 Å². The summed E-state index contributed by atoms with van der Waals surface area (Å²) in [7, 11) is 0. The first-order valence-corrected chi connectivity index (χ1v) is 8.48. The minimum atomic E-state index is -0.143. The lowest BCUT2D eigenvalue weighted by molar-refractivity contribution is 0.0742. The number of rotatable bonds is 5. The molecule has 2 heterocycles. The predicted molar refractivity (Wildman–Crippen MR) is 98.4 cm³/mol. The molecule has 6 nitrogen and oxygen atoms in total. The van der Waals surface area contributed by atoms with Crippen LogP contribution in [0, 0.1) is 0 Å². The average Bonchev–Trinajstić information content (AvgIpc) is 3.35. The van der Waals surface area contributed by atoms with Gasteiger partial charge < -0.3 is 9.42 Å². The third-order valence-electron chi connectivity index (χ3n) is 4.34. The molecule has 26 heavy (non-hydrogen) atoms. The van der Waals surface area contributed by atoms with Crippen LogP contribution in [0.2, 0.25) is 0 Å². The molecule has 0 aliphatic carbocycles. The van der Waals surface area contributed by atoms with Gasteiger partial charge in [-0.1, -0.05) is 35.5 Å². The Balaban J connectivity index is 1.56. The molecule has 0 atom stereocenters. The molecular formula is C20H18N4O2. The fourth-order valence-corrected chi connectivity index (χ4v) is 2.90. The van der Waals surface area contributed by atoms with Gasteiger partial charge in [0.1, 0.15) is 0 Å². The lowest BCUT2D eigenvalue weighted by Gasteiger charge is -2.19. The molecule has 4 aromatic rings. The van der Waals surface area contributed by atoms with Crippen molar-refractivity contribution in [3.05, 3.63) is 72.1 Å². The average molecular weight is 346 g/mol. The maximum Gasteiger partial charge on any atom is 0.276 e. The van der Waals surface area contributed by atoms with Crippen LogP contribution in [-0.2, 0) is 6.54 Å². The Morgan fingerprint density at radius 3 is 2.81 bits per heavy atom. The summed E-state index contributed by atoms with van der Waals surface area (Å²) >= 11 is 0. The highest BCUT2D eigenvalue weighted by molar-refractivity contribution is 5.93. The van der Waals surface area contributed by atoms with Crippen LogP contribution in [0.25, 0.3) is 22.2 Å². The van der Waals surface area contributed by atoms with Crippen LogP contribution >= 0.6 is 0 Å². The van der Waals surface area contributed by atoms with Gasteiger partial charge in [-0.3, -0.25) is 9.89 Å². The molecule has 0 saturated heterocycles. The van der Waals surface area contributed by atoms with Crippen molar-refractivity contribution in [2.75, 3.05) is 6.54 Å². The largest absolute Gasteiger partial charge is 0.355 e. The van der Waals surface area contributed by atoms with Gasteiger partial charge in [0.25, 0.3) is 5.91 Å². The molecule has 2 aromatic heterocycles. The number of H-pyrrole nitrogens is 1. The Labute approximate surface area is 150 Å². The Morgan fingerprint density at radius 2 is 2.00 bits per heavy atom. The highest BCUT2D eigenvalue weighted by Crippen LogP contribution is 2.24. The second-order valence-electron chi connectivity index (χ2n) is 6.05. The van der Waals surface area contributed by atoms with E-state index in [0.29, 0.717) is 24.5 Å². The zero-order valence-electron chi connectivity index (χ0n) is 14.3. The SMILES string of the molecule is CCN(Cc1ccccc1)C(=O)c1cc(-c2ccc3[nH]ncc3c2)on1. The first kappa shape index (κ1) is 16.1. The van der Waals surface area contributed by atoms with Crippen molar-refractivity contribution in [1.29, 1.82) is 0 Å². The van der Waals surface area contributed by atoms with E-state index in [4.69, 9.17) is 4.52 Å². The second-order valence-corrected chi connectivity index (χ2v) is 6.05. The zero-order chi connectivity index (χ0) is 17.9. The van der Waals surface area contributed by atoms with E-state index in [2.05, 4.69) is 15.4 Å². The summed E-state index contributed by atoms with van der Waals surface area (Å²) in [6.45, 7) is 3.09. The van der Waals surface area contributed by atoms with Gasteiger partial charge in [0, 0.05) is 30.1 Å². The van der Waals surface area contributed by atoms with E-state index < -0.39 is 0 Å². The topological polar surface area (TPSA) is 75.0 Å². The minimum Gasteiger partial charge on any atom is -0.355 e. The van der Waals surface area contributed by atoms with Crippen molar-refractivity contribution in [1.82, 2.24) is 20.3 Å². The Hall–Kier alpha value is -3.41. The number of aromatic nitrogens is 3. The molecule has 0 bridgehead atoms. The van der Waals surface area contributed by atoms with Crippen LogP contribution in [-0.4, -0.2) is 32.7 Å². The summed E-state index contributed by atoms with van der Waals surface area (Å²) in [5.74, 6) is 0.419. The second kappa shape index (κ2) is 6.84. The van der Waals surface area contributed by atoms with Crippen LogP contribution in [0.3, 0.4) is 0 Å². The van der Waals surface area contributed by atoms with Crippen molar-refractivity contribution in [2.24, 2.45) is 0 Å². The number of fused-ring (bicyclic) bond motifs is 1. The van der Waals surface area contributed by atoms with Gasteiger partial charge in [-0.15, -0.1) is 0 Å². The van der Waals surface area contributed by atoms with E-state index in [9.17, 15) is 4.79 Å². The number of aromatic amines is 1. The number of amides is 1. The van der Waals surface area contributed by atoms with E-state index in [-0.39, 0.29) is 5.91 Å². The molecule has 0 saturated carbocycles. The number of hydrogen-bond acceptors (Lipinski definition) is 4. The predicted octanol–water partition coefficient (Wildman–Crippen LogP) is 3.88. The van der Waals surface area contributed by atoms with Crippen molar-refractivity contribution in [3.63, 3.8) is 0 Å². The normalized spacial score (nSPS) is 11.0. The summed E-state index contributed by atoms with van der Waals surface area (Å²) in [5, 5.41) is 11.9. The Morgan fingerprint density at radius 1 is 1.15 bits per heavy atom. The third kappa shape index (κ3) is 3.09. The van der Waals surface area contributed by atoms with Gasteiger partial charge in [0.15, 0.2) is 11.5 Å². The van der Waals surface area contributed by atoms with Gasteiger partial charge in [0.05, 0.1) is 11.7 Å². The smallest absolute Gasteiger partial charge is 0.276 e. The van der Waals surface area contributed by atoms with Crippen molar-refractivity contribution in [3.8, 4) is 11.3 Å². The zero-order valence-corrected chi connectivity index (χ0v) is 14.3. The summed E-state index contributed by atoms with van der Waals surface area (Å²) in [5.41, 5.74) is 3.20. The summed E-state index contributed by atoms with van der Waals surface area (Å²) in [6, 6.07) is 17.4. The van der Waals surface area contributed by atoms with Gasteiger partial charge in [-0.05, 0) is 30.7 Å². The standard InChI is InChI=1S/C20H18N4O2/c1-2-24(13-14-6-4-3-5-7-14)20(25)18-11-19(26-23-18)15-8-9-17-16(10-15)12-21-22-17/h3-12H,2,13H2,1H3,(H,21,22). The molecule has 6 heteroatoms. The summed E-state index contributed by atoms with van der Waals surface area (Å²) < 4.78 is 5.41. The monoisotopic (exact) mass is 346 g/mol. The van der Waals surface area contributed by atoms with Gasteiger partial charge in [0.2, 0.25) is 0 Å². The summed E-state index contributed by atoms with van der Waals surface area (Å²) in [6.07, 6.45) is 1.75. The molecule has 130 valence electrons. The van der Waals surface area contributed by atoms with Gasteiger partial charge >= 0.3 is 0 Å². The molecule has 0 unspecified atom stereocenters. The van der Waals surface area contributed by atoms with Crippen LogP contribution in [0.5, 0.6) is 0 Å². The van der Waals surface area contributed by atoms with Crippen molar-refractivity contribution < 1.29 is 9.32 Å². The highest BCUT2D eigenvalue weighted by Gasteiger charge is 2.19. The maximum atomic E-state index is 12.8.